The molecule has 0 amide bonds. The summed E-state index contributed by atoms with van der Waals surface area (Å²) in [6.07, 6.45) is 0. The van der Waals surface area contributed by atoms with Gasteiger partial charge in [0.25, 0.3) is 0 Å². The molecule has 0 aliphatic rings. The van der Waals surface area contributed by atoms with Crippen molar-refractivity contribution in [1.82, 2.24) is 0 Å². The lowest BCUT2D eigenvalue weighted by Crippen LogP contribution is -1.82. The molecule has 1 aromatic rings. The van der Waals surface area contributed by atoms with Crippen molar-refractivity contribution in [2.75, 3.05) is 14.2 Å². The minimum atomic E-state index is 1.38. The van der Waals surface area contributed by atoms with E-state index in [1.54, 1.807) is 14.2 Å². The molecule has 0 radical (unpaired) electrons. The van der Waals surface area contributed by atoms with E-state index in [2.05, 4.69) is 43.7 Å². The second kappa shape index (κ2) is 5.78. The molecule has 0 saturated carbocycles. The van der Waals surface area contributed by atoms with Gasteiger partial charge in [-0.25, -0.2) is 0 Å². The van der Waals surface area contributed by atoms with Crippen LogP contribution in [0.4, 0.5) is 0 Å². The van der Waals surface area contributed by atoms with Crippen LogP contribution in [0.15, 0.2) is 18.2 Å². The van der Waals surface area contributed by atoms with Crippen molar-refractivity contribution in [3.63, 3.8) is 0 Å². The van der Waals surface area contributed by atoms with Gasteiger partial charge < -0.3 is 4.74 Å². The van der Waals surface area contributed by atoms with Gasteiger partial charge in [-0.15, -0.1) is 0 Å². The molecule has 0 aliphatic carbocycles. The second-order valence-corrected chi connectivity index (χ2v) is 2.93. The van der Waals surface area contributed by atoms with Crippen molar-refractivity contribution in [2.45, 2.75) is 20.8 Å². The van der Waals surface area contributed by atoms with E-state index >= 15 is 0 Å². The fourth-order valence-corrected chi connectivity index (χ4v) is 0.898. The smallest absolute Gasteiger partial charge is 0.0351 e. The average Bonchev–Trinajstić information content (AvgIpc) is 2.02. The highest BCUT2D eigenvalue weighted by Crippen LogP contribution is 2.09. The number of aryl methyl sites for hydroxylation is 2. The van der Waals surface area contributed by atoms with Crippen LogP contribution in [0.25, 0.3) is 0 Å². The molecule has 0 unspecified atom stereocenters. The molecule has 1 aromatic carbocycles. The van der Waals surface area contributed by atoms with Crippen LogP contribution in [-0.2, 0) is 4.74 Å². The van der Waals surface area contributed by atoms with E-state index in [0.29, 0.717) is 0 Å². The molecule has 0 heterocycles. The first-order valence-corrected chi connectivity index (χ1v) is 4.06. The topological polar surface area (TPSA) is 9.23 Å². The van der Waals surface area contributed by atoms with Gasteiger partial charge in [0.1, 0.15) is 0 Å². The van der Waals surface area contributed by atoms with Gasteiger partial charge in [-0.2, -0.15) is 0 Å². The second-order valence-electron chi connectivity index (χ2n) is 2.93. The Hall–Kier alpha value is -0.820. The van der Waals surface area contributed by atoms with Crippen molar-refractivity contribution in [3.8, 4) is 0 Å². The lowest BCUT2D eigenvalue weighted by molar-refractivity contribution is 0.277. The van der Waals surface area contributed by atoms with Crippen LogP contribution < -0.4 is 0 Å². The Balaban J connectivity index is 0.000000354. The minimum Gasteiger partial charge on any atom is -0.388 e. The summed E-state index contributed by atoms with van der Waals surface area (Å²) in [6.45, 7) is 6.44. The number of ether oxygens (including phenoxy) is 1. The number of benzene rings is 1. The molecule has 0 saturated heterocycles. The fourth-order valence-electron chi connectivity index (χ4n) is 0.898. The highest BCUT2D eigenvalue weighted by Gasteiger charge is 1.91. The minimum absolute atomic E-state index is 1.38. The molecular weight excluding hydrogens is 148 g/mol. The van der Waals surface area contributed by atoms with Crippen LogP contribution in [0.5, 0.6) is 0 Å². The van der Waals surface area contributed by atoms with Gasteiger partial charge in [0.2, 0.25) is 0 Å². The summed E-state index contributed by atoms with van der Waals surface area (Å²) in [4.78, 5) is 0. The van der Waals surface area contributed by atoms with Crippen molar-refractivity contribution in [2.24, 2.45) is 0 Å². The van der Waals surface area contributed by atoms with E-state index in [4.69, 9.17) is 0 Å². The van der Waals surface area contributed by atoms with Crippen molar-refractivity contribution >= 4 is 0 Å². The molecule has 0 atom stereocenters. The van der Waals surface area contributed by atoms with E-state index in [-0.39, 0.29) is 0 Å². The lowest BCUT2D eigenvalue weighted by atomic mass is 10.1. The number of hydrogen-bond donors (Lipinski definition) is 0. The fraction of sp³-hybridized carbons (Fsp3) is 0.455. The first-order chi connectivity index (χ1) is 5.63. The van der Waals surface area contributed by atoms with Crippen LogP contribution in [-0.4, -0.2) is 14.2 Å². The molecule has 1 heteroatoms. The summed E-state index contributed by atoms with van der Waals surface area (Å²) in [6, 6.07) is 6.38. The normalized spacial score (nSPS) is 8.75. The van der Waals surface area contributed by atoms with Crippen LogP contribution in [0.1, 0.15) is 16.7 Å². The Kier molecular flexibility index (Phi) is 5.39. The zero-order valence-corrected chi connectivity index (χ0v) is 8.64. The lowest BCUT2D eigenvalue weighted by Gasteiger charge is -2.00. The maximum atomic E-state index is 4.25. The molecule has 0 N–H and O–H groups in total. The number of hydrogen-bond acceptors (Lipinski definition) is 1. The molecular formula is C11H18O. The van der Waals surface area contributed by atoms with E-state index < -0.39 is 0 Å². The van der Waals surface area contributed by atoms with Crippen molar-refractivity contribution in [1.29, 1.82) is 0 Å². The van der Waals surface area contributed by atoms with E-state index in [1.807, 2.05) is 0 Å². The van der Waals surface area contributed by atoms with E-state index in [1.165, 1.54) is 16.7 Å². The van der Waals surface area contributed by atoms with Gasteiger partial charge in [0, 0.05) is 14.2 Å². The first-order valence-electron chi connectivity index (χ1n) is 4.06. The summed E-state index contributed by atoms with van der Waals surface area (Å²) >= 11 is 0. The summed E-state index contributed by atoms with van der Waals surface area (Å²) in [5.74, 6) is 0. The van der Waals surface area contributed by atoms with Crippen LogP contribution in [0.2, 0.25) is 0 Å². The Morgan fingerprint density at radius 2 is 1.25 bits per heavy atom. The molecule has 0 aromatic heterocycles. The molecule has 1 nitrogen and oxygen atoms in total. The largest absolute Gasteiger partial charge is 0.388 e. The third kappa shape index (κ3) is 3.54. The first kappa shape index (κ1) is 11.2. The molecule has 12 heavy (non-hydrogen) atoms. The molecule has 0 fully saturated rings. The maximum Gasteiger partial charge on any atom is 0.0351 e. The third-order valence-corrected chi connectivity index (χ3v) is 1.88. The maximum absolute atomic E-state index is 4.25. The average molecular weight is 166 g/mol. The summed E-state index contributed by atoms with van der Waals surface area (Å²) in [5.41, 5.74) is 4.18. The monoisotopic (exact) mass is 166 g/mol. The molecule has 0 spiro atoms. The van der Waals surface area contributed by atoms with Crippen molar-refractivity contribution < 1.29 is 4.74 Å². The zero-order valence-electron chi connectivity index (χ0n) is 8.64. The van der Waals surface area contributed by atoms with Gasteiger partial charge in [-0.05, 0) is 37.5 Å². The number of methoxy groups -OCH3 is 1. The van der Waals surface area contributed by atoms with Crippen LogP contribution >= 0.6 is 0 Å². The Morgan fingerprint density at radius 1 is 0.917 bits per heavy atom. The summed E-state index contributed by atoms with van der Waals surface area (Å²) < 4.78 is 4.25. The molecule has 68 valence electrons. The predicted molar refractivity (Wildman–Crippen MR) is 53.6 cm³/mol. The Morgan fingerprint density at radius 3 is 1.50 bits per heavy atom. The van der Waals surface area contributed by atoms with Gasteiger partial charge >= 0.3 is 0 Å². The number of rotatable bonds is 0. The molecule has 0 bridgehead atoms. The highest BCUT2D eigenvalue weighted by atomic mass is 16.4. The van der Waals surface area contributed by atoms with Crippen LogP contribution in [0.3, 0.4) is 0 Å². The quantitative estimate of drug-likeness (QED) is 0.576. The third-order valence-electron chi connectivity index (χ3n) is 1.88. The van der Waals surface area contributed by atoms with Crippen molar-refractivity contribution in [3.05, 3.63) is 34.9 Å². The highest BCUT2D eigenvalue weighted by molar-refractivity contribution is 5.31. The van der Waals surface area contributed by atoms with E-state index in [0.717, 1.165) is 0 Å². The summed E-state index contributed by atoms with van der Waals surface area (Å²) in [5, 5.41) is 0. The zero-order chi connectivity index (χ0) is 9.56. The van der Waals surface area contributed by atoms with Gasteiger partial charge in [-0.1, -0.05) is 18.2 Å². The van der Waals surface area contributed by atoms with Gasteiger partial charge in [-0.3, -0.25) is 0 Å². The van der Waals surface area contributed by atoms with E-state index in [9.17, 15) is 0 Å². The summed E-state index contributed by atoms with van der Waals surface area (Å²) in [7, 11) is 3.25. The van der Waals surface area contributed by atoms with Gasteiger partial charge in [0.05, 0.1) is 0 Å². The SMILES string of the molecule is COC.Cc1cccc(C)c1C. The van der Waals surface area contributed by atoms with Crippen LogP contribution in [0, 0.1) is 20.8 Å². The van der Waals surface area contributed by atoms with Gasteiger partial charge in [0.15, 0.2) is 0 Å². The Labute approximate surface area is 75.4 Å². The Bertz CT molecular complexity index is 208. The molecule has 1 rings (SSSR count). The standard InChI is InChI=1S/C9H12.C2H6O/c1-7-5-4-6-8(2)9(7)3;1-3-2/h4-6H,1-3H3;1-2H3. The predicted octanol–water partition coefficient (Wildman–Crippen LogP) is 2.87. The molecule has 0 aliphatic heterocycles.